The first kappa shape index (κ1) is 19.5. The minimum Gasteiger partial charge on any atom is -0.464 e. The van der Waals surface area contributed by atoms with Crippen molar-refractivity contribution in [3.05, 3.63) is 49.1 Å². The zero-order valence-electron chi connectivity index (χ0n) is 14.9. The number of hydrogen-bond acceptors (Lipinski definition) is 5. The van der Waals surface area contributed by atoms with E-state index in [4.69, 9.17) is 13.7 Å². The van der Waals surface area contributed by atoms with Gasteiger partial charge in [-0.25, -0.2) is 0 Å². The first-order valence-electron chi connectivity index (χ1n) is 8.10. The van der Waals surface area contributed by atoms with Crippen LogP contribution >= 0.6 is 0 Å². The SMILES string of the molecule is C=CCN(CC=C)S(=O)(=O)Oc1ccc2c(c1)C(C)(C)C(OCC)O2. The zero-order chi connectivity index (χ0) is 18.7. The van der Waals surface area contributed by atoms with E-state index >= 15 is 0 Å². The summed E-state index contributed by atoms with van der Waals surface area (Å²) in [5.41, 5.74) is 0.425. The lowest BCUT2D eigenvalue weighted by atomic mass is 9.85. The van der Waals surface area contributed by atoms with E-state index in [0.29, 0.717) is 12.4 Å². The second-order valence-corrected chi connectivity index (χ2v) is 7.76. The van der Waals surface area contributed by atoms with Crippen LogP contribution in [0.25, 0.3) is 0 Å². The van der Waals surface area contributed by atoms with E-state index in [-0.39, 0.29) is 18.8 Å². The number of rotatable bonds is 9. The second-order valence-electron chi connectivity index (χ2n) is 6.22. The number of hydrogen-bond donors (Lipinski definition) is 0. The molecule has 0 saturated heterocycles. The molecule has 1 atom stereocenters. The summed E-state index contributed by atoms with van der Waals surface area (Å²) in [5, 5.41) is 0. The van der Waals surface area contributed by atoms with Crippen molar-refractivity contribution in [3.8, 4) is 11.5 Å². The van der Waals surface area contributed by atoms with Crippen LogP contribution in [0.2, 0.25) is 0 Å². The van der Waals surface area contributed by atoms with E-state index in [1.54, 1.807) is 18.2 Å². The molecular weight excluding hydrogens is 342 g/mol. The van der Waals surface area contributed by atoms with Gasteiger partial charge in [0.1, 0.15) is 11.5 Å². The van der Waals surface area contributed by atoms with Gasteiger partial charge in [0.05, 0.1) is 5.41 Å². The maximum atomic E-state index is 12.5. The maximum Gasteiger partial charge on any atom is 0.385 e. The van der Waals surface area contributed by atoms with Crippen molar-refractivity contribution < 1.29 is 22.1 Å². The Kier molecular flexibility index (Phi) is 5.92. The maximum absolute atomic E-state index is 12.5. The second kappa shape index (κ2) is 7.59. The van der Waals surface area contributed by atoms with Gasteiger partial charge in [0.25, 0.3) is 0 Å². The first-order chi connectivity index (χ1) is 11.8. The minimum absolute atomic E-state index is 0.139. The molecule has 6 nitrogen and oxygen atoms in total. The molecule has 1 aromatic rings. The van der Waals surface area contributed by atoms with E-state index < -0.39 is 22.0 Å². The van der Waals surface area contributed by atoms with Gasteiger partial charge in [-0.3, -0.25) is 0 Å². The lowest BCUT2D eigenvalue weighted by molar-refractivity contribution is -0.0981. The Morgan fingerprint density at radius 3 is 2.48 bits per heavy atom. The summed E-state index contributed by atoms with van der Waals surface area (Å²) in [6, 6.07) is 4.96. The molecule has 0 fully saturated rings. The molecule has 0 bridgehead atoms. The predicted octanol–water partition coefficient (Wildman–Crippen LogP) is 3.02. The molecule has 7 heteroatoms. The molecule has 2 rings (SSSR count). The van der Waals surface area contributed by atoms with Gasteiger partial charge < -0.3 is 13.7 Å². The highest BCUT2D eigenvalue weighted by molar-refractivity contribution is 7.84. The standard InChI is InChI=1S/C18H25NO5S/c1-6-11-19(12-7-2)25(20,21)24-14-9-10-16-15(13-14)18(4,5)17(23-16)22-8-3/h6-7,9-10,13,17H,1-2,8,11-12H2,3-5H3. The molecule has 1 heterocycles. The highest BCUT2D eigenvalue weighted by atomic mass is 32.2. The Hall–Kier alpha value is -1.83. The fourth-order valence-corrected chi connectivity index (χ4v) is 3.70. The first-order valence-corrected chi connectivity index (χ1v) is 9.47. The monoisotopic (exact) mass is 367 g/mol. The number of nitrogens with zero attached hydrogens (tertiary/aromatic N) is 1. The highest BCUT2D eigenvalue weighted by Crippen LogP contribution is 2.44. The van der Waals surface area contributed by atoms with Crippen molar-refractivity contribution in [3.63, 3.8) is 0 Å². The van der Waals surface area contributed by atoms with Gasteiger partial charge in [-0.1, -0.05) is 12.2 Å². The largest absolute Gasteiger partial charge is 0.464 e. The van der Waals surface area contributed by atoms with Gasteiger partial charge in [0, 0.05) is 25.3 Å². The molecule has 0 radical (unpaired) electrons. The number of benzene rings is 1. The molecular formula is C18H25NO5S. The predicted molar refractivity (Wildman–Crippen MR) is 97.0 cm³/mol. The Bertz CT molecular complexity index is 732. The van der Waals surface area contributed by atoms with Gasteiger partial charge in [-0.15, -0.1) is 13.2 Å². The van der Waals surface area contributed by atoms with Crippen LogP contribution < -0.4 is 8.92 Å². The van der Waals surface area contributed by atoms with Crippen LogP contribution in [0, 0.1) is 0 Å². The average Bonchev–Trinajstić information content (AvgIpc) is 2.78. The Balaban J connectivity index is 2.28. The van der Waals surface area contributed by atoms with Crippen LogP contribution in [0.1, 0.15) is 26.3 Å². The van der Waals surface area contributed by atoms with Crippen molar-refractivity contribution >= 4 is 10.3 Å². The summed E-state index contributed by atoms with van der Waals surface area (Å²) in [7, 11) is -3.96. The zero-order valence-corrected chi connectivity index (χ0v) is 15.7. The number of ether oxygens (including phenoxy) is 2. The summed E-state index contributed by atoms with van der Waals surface area (Å²) >= 11 is 0. The Labute approximate surface area is 149 Å². The molecule has 25 heavy (non-hydrogen) atoms. The summed E-state index contributed by atoms with van der Waals surface area (Å²) in [5.74, 6) is 0.896. The van der Waals surface area contributed by atoms with Gasteiger partial charge in [0.2, 0.25) is 6.29 Å². The van der Waals surface area contributed by atoms with Crippen molar-refractivity contribution in [1.82, 2.24) is 4.31 Å². The van der Waals surface area contributed by atoms with Crippen LogP contribution in [-0.4, -0.2) is 38.7 Å². The summed E-state index contributed by atoms with van der Waals surface area (Å²) in [4.78, 5) is 0. The van der Waals surface area contributed by atoms with E-state index in [2.05, 4.69) is 13.2 Å². The van der Waals surface area contributed by atoms with Crippen LogP contribution in [0.15, 0.2) is 43.5 Å². The average molecular weight is 367 g/mol. The lowest BCUT2D eigenvalue weighted by Gasteiger charge is -2.25. The summed E-state index contributed by atoms with van der Waals surface area (Å²) < 4.78 is 42.8. The van der Waals surface area contributed by atoms with Crippen molar-refractivity contribution in [2.75, 3.05) is 19.7 Å². The number of fused-ring (bicyclic) bond motifs is 1. The van der Waals surface area contributed by atoms with Gasteiger partial charge in [-0.2, -0.15) is 12.7 Å². The molecule has 1 unspecified atom stereocenters. The van der Waals surface area contributed by atoms with Gasteiger partial charge >= 0.3 is 10.3 Å². The van der Waals surface area contributed by atoms with Crippen LogP contribution in [0.5, 0.6) is 11.5 Å². The lowest BCUT2D eigenvalue weighted by Crippen LogP contribution is -2.35. The quantitative estimate of drug-likeness (QED) is 0.628. The van der Waals surface area contributed by atoms with Crippen molar-refractivity contribution in [1.29, 1.82) is 0 Å². The molecule has 1 aliphatic rings. The fraction of sp³-hybridized carbons (Fsp3) is 0.444. The van der Waals surface area contributed by atoms with Crippen molar-refractivity contribution in [2.24, 2.45) is 0 Å². The molecule has 0 amide bonds. The highest BCUT2D eigenvalue weighted by Gasteiger charge is 2.42. The van der Waals surface area contributed by atoms with Crippen LogP contribution in [0.3, 0.4) is 0 Å². The molecule has 138 valence electrons. The van der Waals surface area contributed by atoms with E-state index in [1.165, 1.54) is 12.2 Å². The third kappa shape index (κ3) is 4.05. The Morgan fingerprint density at radius 2 is 1.92 bits per heavy atom. The van der Waals surface area contributed by atoms with Gasteiger partial charge in [0.15, 0.2) is 0 Å². The van der Waals surface area contributed by atoms with E-state index in [9.17, 15) is 8.42 Å². The van der Waals surface area contributed by atoms with E-state index in [1.807, 2.05) is 20.8 Å². The molecule has 1 aliphatic heterocycles. The van der Waals surface area contributed by atoms with Crippen LogP contribution in [0.4, 0.5) is 0 Å². The van der Waals surface area contributed by atoms with Gasteiger partial charge in [-0.05, 0) is 39.0 Å². The molecule has 0 saturated carbocycles. The minimum atomic E-state index is -3.96. The third-order valence-electron chi connectivity index (χ3n) is 3.97. The molecule has 0 spiro atoms. The molecule has 0 aromatic heterocycles. The summed E-state index contributed by atoms with van der Waals surface area (Å²) in [6.07, 6.45) is 2.57. The van der Waals surface area contributed by atoms with E-state index in [0.717, 1.165) is 9.87 Å². The molecule has 1 aromatic carbocycles. The van der Waals surface area contributed by atoms with Crippen molar-refractivity contribution in [2.45, 2.75) is 32.5 Å². The fourth-order valence-electron chi connectivity index (χ4n) is 2.67. The molecule has 0 N–H and O–H groups in total. The topological polar surface area (TPSA) is 65.1 Å². The van der Waals surface area contributed by atoms with Crippen LogP contribution in [-0.2, 0) is 20.5 Å². The molecule has 0 aliphatic carbocycles. The smallest absolute Gasteiger partial charge is 0.385 e. The summed E-state index contributed by atoms with van der Waals surface area (Å²) in [6.45, 7) is 13.8. The Morgan fingerprint density at radius 1 is 1.28 bits per heavy atom. The third-order valence-corrected chi connectivity index (χ3v) is 5.30. The normalized spacial score (nSPS) is 18.5.